The van der Waals surface area contributed by atoms with Crippen LogP contribution in [0, 0.1) is 0 Å². The Morgan fingerprint density at radius 3 is 2.57 bits per heavy atom. The number of nitrogens with one attached hydrogen (secondary N) is 1. The number of hydrogen-bond acceptors (Lipinski definition) is 7. The van der Waals surface area contributed by atoms with E-state index in [0.29, 0.717) is 30.2 Å². The minimum atomic E-state index is -3.07. The number of sulfone groups is 1. The predicted molar refractivity (Wildman–Crippen MR) is 137 cm³/mol. The molecule has 4 heterocycles. The van der Waals surface area contributed by atoms with Crippen LogP contribution < -0.4 is 5.32 Å². The lowest BCUT2D eigenvalue weighted by Gasteiger charge is -2.12. The van der Waals surface area contributed by atoms with E-state index >= 15 is 0 Å². The van der Waals surface area contributed by atoms with Gasteiger partial charge in [0.2, 0.25) is 0 Å². The summed E-state index contributed by atoms with van der Waals surface area (Å²) in [5, 5.41) is 8.18. The first kappa shape index (κ1) is 22.7. The van der Waals surface area contributed by atoms with Gasteiger partial charge in [-0.2, -0.15) is 0 Å². The minimum Gasteiger partial charge on any atom is -0.363 e. The molecule has 0 radical (unpaired) electrons. The number of fused-ring (bicyclic) bond motifs is 1. The van der Waals surface area contributed by atoms with Gasteiger partial charge in [0.25, 0.3) is 0 Å². The molecular weight excluding hydrogens is 460 g/mol. The van der Waals surface area contributed by atoms with E-state index in [0.717, 1.165) is 27.9 Å². The van der Waals surface area contributed by atoms with Crippen LogP contribution in [0.2, 0.25) is 0 Å². The van der Waals surface area contributed by atoms with Crippen LogP contribution in [0.4, 0.5) is 5.82 Å². The van der Waals surface area contributed by atoms with Crippen LogP contribution in [0.15, 0.2) is 85.5 Å². The van der Waals surface area contributed by atoms with Crippen LogP contribution in [0.3, 0.4) is 0 Å². The smallest absolute Gasteiger partial charge is 0.183 e. The molecule has 176 valence electrons. The molecule has 0 unspecified atom stereocenters. The van der Waals surface area contributed by atoms with Crippen molar-refractivity contribution in [3.8, 4) is 22.5 Å². The van der Waals surface area contributed by atoms with E-state index in [9.17, 15) is 8.42 Å². The van der Waals surface area contributed by atoms with Crippen LogP contribution in [-0.2, 0) is 22.8 Å². The molecule has 9 heteroatoms. The molecule has 0 saturated carbocycles. The van der Waals surface area contributed by atoms with Gasteiger partial charge >= 0.3 is 0 Å². The van der Waals surface area contributed by atoms with Crippen molar-refractivity contribution >= 4 is 21.2 Å². The second-order valence-electron chi connectivity index (χ2n) is 8.31. The number of hydrogen-bond donors (Lipinski definition) is 1. The maximum absolute atomic E-state index is 11.6. The number of benzene rings is 1. The third-order valence-electron chi connectivity index (χ3n) is 5.57. The Labute approximate surface area is 203 Å². The van der Waals surface area contributed by atoms with Crippen LogP contribution in [0.25, 0.3) is 28.0 Å². The van der Waals surface area contributed by atoms with Crippen molar-refractivity contribution in [1.82, 2.24) is 24.6 Å². The average Bonchev–Trinajstić information content (AvgIpc) is 3.31. The first-order valence-corrected chi connectivity index (χ1v) is 13.2. The first-order chi connectivity index (χ1) is 17.0. The van der Waals surface area contributed by atoms with Crippen LogP contribution in [0.1, 0.15) is 11.3 Å². The van der Waals surface area contributed by atoms with Gasteiger partial charge in [-0.25, -0.2) is 17.9 Å². The largest absolute Gasteiger partial charge is 0.363 e. The Balaban J connectivity index is 1.57. The number of rotatable bonds is 8. The molecule has 0 fully saturated rings. The highest BCUT2D eigenvalue weighted by Crippen LogP contribution is 2.31. The van der Waals surface area contributed by atoms with Crippen molar-refractivity contribution in [2.75, 3.05) is 17.3 Å². The van der Waals surface area contributed by atoms with Crippen molar-refractivity contribution in [3.63, 3.8) is 0 Å². The molecule has 4 aromatic heterocycles. The van der Waals surface area contributed by atoms with Crippen LogP contribution >= 0.6 is 0 Å². The third-order valence-corrected chi connectivity index (χ3v) is 6.52. The zero-order valence-electron chi connectivity index (χ0n) is 19.2. The molecule has 8 nitrogen and oxygen atoms in total. The van der Waals surface area contributed by atoms with Gasteiger partial charge in [0.15, 0.2) is 11.6 Å². The number of aryl methyl sites for hydroxylation is 1. The normalized spacial score (nSPS) is 11.6. The molecule has 1 aromatic carbocycles. The third kappa shape index (κ3) is 5.36. The Bertz CT molecular complexity index is 1570. The van der Waals surface area contributed by atoms with Gasteiger partial charge in [-0.15, -0.1) is 5.10 Å². The summed E-state index contributed by atoms with van der Waals surface area (Å²) in [4.78, 5) is 13.6. The molecule has 1 N–H and O–H groups in total. The van der Waals surface area contributed by atoms with E-state index in [-0.39, 0.29) is 5.75 Å². The van der Waals surface area contributed by atoms with E-state index in [2.05, 4.69) is 27.4 Å². The molecule has 0 aliphatic carbocycles. The lowest BCUT2D eigenvalue weighted by Crippen LogP contribution is -2.09. The number of nitrogens with zero attached hydrogens (tertiary/aromatic N) is 5. The van der Waals surface area contributed by atoms with Crippen molar-refractivity contribution in [1.29, 1.82) is 0 Å². The summed E-state index contributed by atoms with van der Waals surface area (Å²) in [6.07, 6.45) is 8.66. The summed E-state index contributed by atoms with van der Waals surface area (Å²) >= 11 is 0. The molecule has 0 aliphatic rings. The van der Waals surface area contributed by atoms with E-state index in [1.54, 1.807) is 18.6 Å². The second kappa shape index (κ2) is 9.63. The summed E-state index contributed by atoms with van der Waals surface area (Å²) < 4.78 is 25.0. The van der Waals surface area contributed by atoms with Gasteiger partial charge in [0, 0.05) is 42.2 Å². The van der Waals surface area contributed by atoms with Crippen molar-refractivity contribution in [3.05, 3.63) is 96.7 Å². The molecule has 0 bridgehead atoms. The summed E-state index contributed by atoms with van der Waals surface area (Å²) in [6.45, 7) is 0.499. The standard InChI is InChI=1S/C26H24N6O2S/c1-35(33,34)14-11-19-15-21(17-27-16-19)25-30-26(29-18-22-9-5-6-12-28-22)24-23(10-13-32(24)31-25)20-7-3-2-4-8-20/h2-10,12-13,15-17H,11,14,18H2,1H3,(H,29,30,31). The lowest BCUT2D eigenvalue weighted by molar-refractivity contribution is 0.601. The monoisotopic (exact) mass is 484 g/mol. The van der Waals surface area contributed by atoms with Gasteiger partial charge < -0.3 is 5.32 Å². The SMILES string of the molecule is CS(=O)(=O)CCc1cncc(-c2nc(NCc3ccccn3)c3c(-c4ccccc4)ccn3n2)c1. The topological polar surface area (TPSA) is 102 Å². The molecule has 0 atom stereocenters. The molecule has 35 heavy (non-hydrogen) atoms. The van der Waals surface area contributed by atoms with Gasteiger partial charge in [0.1, 0.15) is 15.4 Å². The minimum absolute atomic E-state index is 0.0624. The highest BCUT2D eigenvalue weighted by molar-refractivity contribution is 7.90. The quantitative estimate of drug-likeness (QED) is 0.354. The Hall–Kier alpha value is -4.11. The van der Waals surface area contributed by atoms with Crippen molar-refractivity contribution < 1.29 is 8.42 Å². The lowest BCUT2D eigenvalue weighted by atomic mass is 10.1. The Kier molecular flexibility index (Phi) is 6.24. The number of anilines is 1. The molecule has 0 spiro atoms. The summed E-state index contributed by atoms with van der Waals surface area (Å²) in [7, 11) is -3.07. The zero-order chi connectivity index (χ0) is 24.3. The van der Waals surface area contributed by atoms with Crippen LogP contribution in [0.5, 0.6) is 0 Å². The maximum atomic E-state index is 11.6. The van der Waals surface area contributed by atoms with E-state index in [1.807, 2.05) is 59.2 Å². The average molecular weight is 485 g/mol. The molecule has 5 aromatic rings. The zero-order valence-corrected chi connectivity index (χ0v) is 20.0. The van der Waals surface area contributed by atoms with Crippen molar-refractivity contribution in [2.45, 2.75) is 13.0 Å². The fraction of sp³-hybridized carbons (Fsp3) is 0.154. The summed E-state index contributed by atoms with van der Waals surface area (Å²) in [5.74, 6) is 1.23. The van der Waals surface area contributed by atoms with Gasteiger partial charge in [-0.3, -0.25) is 9.97 Å². The van der Waals surface area contributed by atoms with Gasteiger partial charge in [-0.05, 0) is 41.8 Å². The van der Waals surface area contributed by atoms with Crippen molar-refractivity contribution in [2.24, 2.45) is 0 Å². The van der Waals surface area contributed by atoms with E-state index < -0.39 is 9.84 Å². The van der Waals surface area contributed by atoms with E-state index in [4.69, 9.17) is 10.1 Å². The van der Waals surface area contributed by atoms with Gasteiger partial charge in [-0.1, -0.05) is 36.4 Å². The molecule has 5 rings (SSSR count). The Morgan fingerprint density at radius 2 is 1.80 bits per heavy atom. The van der Waals surface area contributed by atoms with Gasteiger partial charge in [0.05, 0.1) is 18.0 Å². The highest BCUT2D eigenvalue weighted by atomic mass is 32.2. The number of pyridine rings is 2. The van der Waals surface area contributed by atoms with Crippen LogP contribution in [-0.4, -0.2) is 45.0 Å². The molecule has 0 amide bonds. The number of aromatic nitrogens is 5. The molecule has 0 saturated heterocycles. The maximum Gasteiger partial charge on any atom is 0.183 e. The second-order valence-corrected chi connectivity index (χ2v) is 10.6. The first-order valence-electron chi connectivity index (χ1n) is 11.2. The Morgan fingerprint density at radius 1 is 0.971 bits per heavy atom. The summed E-state index contributed by atoms with van der Waals surface area (Å²) in [6, 6.07) is 19.8. The fourth-order valence-electron chi connectivity index (χ4n) is 3.85. The fourth-order valence-corrected chi connectivity index (χ4v) is 4.45. The molecular formula is C26H24N6O2S. The highest BCUT2D eigenvalue weighted by Gasteiger charge is 2.16. The molecule has 0 aliphatic heterocycles. The van der Waals surface area contributed by atoms with E-state index in [1.165, 1.54) is 6.26 Å². The summed E-state index contributed by atoms with van der Waals surface area (Å²) in [5.41, 5.74) is 5.36. The predicted octanol–water partition coefficient (Wildman–Crippen LogP) is 4.05.